The Bertz CT molecular complexity index is 981. The highest BCUT2D eigenvalue weighted by molar-refractivity contribution is 7.89. The van der Waals surface area contributed by atoms with Gasteiger partial charge in [-0.05, 0) is 77.6 Å². The largest absolute Gasteiger partial charge is 0.370 e. The summed E-state index contributed by atoms with van der Waals surface area (Å²) in [5, 5.41) is 3.09. The maximum absolute atomic E-state index is 13.0. The van der Waals surface area contributed by atoms with Crippen LogP contribution in [0.3, 0.4) is 0 Å². The number of hydrogen-bond donors (Lipinski definition) is 1. The predicted molar refractivity (Wildman–Crippen MR) is 141 cm³/mol. The summed E-state index contributed by atoms with van der Waals surface area (Å²) in [4.78, 5) is 28.3. The second-order valence-electron chi connectivity index (χ2n) is 10.4. The number of amides is 2. The Morgan fingerprint density at radius 2 is 1.58 bits per heavy atom. The van der Waals surface area contributed by atoms with Crippen LogP contribution in [0, 0.1) is 26.7 Å². The SMILES string of the molecule is Cc1cc(C)c(S(=O)(=O)N(C)CCOCC(=O)N(C)C[C@H]2CC[C@H](NC(=O)CN(C)C)CC2)c(C)c1. The second kappa shape index (κ2) is 13.5. The average molecular weight is 525 g/mol. The van der Waals surface area contributed by atoms with Crippen molar-refractivity contribution in [3.63, 3.8) is 0 Å². The molecule has 1 aliphatic rings. The summed E-state index contributed by atoms with van der Waals surface area (Å²) in [7, 11) is 3.41. The first-order valence-corrected chi connectivity index (χ1v) is 14.0. The van der Waals surface area contributed by atoms with Crippen LogP contribution in [0.2, 0.25) is 0 Å². The summed E-state index contributed by atoms with van der Waals surface area (Å²) in [5.41, 5.74) is 2.47. The molecule has 1 aromatic carbocycles. The summed E-state index contributed by atoms with van der Waals surface area (Å²) in [6.07, 6.45) is 3.77. The topological polar surface area (TPSA) is 99.3 Å². The molecule has 9 nitrogen and oxygen atoms in total. The van der Waals surface area contributed by atoms with E-state index in [0.29, 0.717) is 23.9 Å². The summed E-state index contributed by atoms with van der Waals surface area (Å²) >= 11 is 0. The van der Waals surface area contributed by atoms with Gasteiger partial charge in [-0.3, -0.25) is 9.59 Å². The van der Waals surface area contributed by atoms with E-state index >= 15 is 0 Å². The lowest BCUT2D eigenvalue weighted by molar-refractivity contribution is -0.135. The zero-order valence-electron chi connectivity index (χ0n) is 23.0. The molecule has 1 saturated carbocycles. The van der Waals surface area contributed by atoms with Gasteiger partial charge < -0.3 is 19.9 Å². The summed E-state index contributed by atoms with van der Waals surface area (Å²) in [6.45, 7) is 6.82. The molecule has 0 radical (unpaired) electrons. The Morgan fingerprint density at radius 3 is 2.14 bits per heavy atom. The van der Waals surface area contributed by atoms with Gasteiger partial charge in [0.1, 0.15) is 6.61 Å². The number of rotatable bonds is 12. The summed E-state index contributed by atoms with van der Waals surface area (Å²) in [5.74, 6) is 0.334. The third-order valence-corrected chi connectivity index (χ3v) is 8.84. The molecule has 0 aliphatic heterocycles. The van der Waals surface area contributed by atoms with E-state index in [4.69, 9.17) is 4.74 Å². The number of nitrogens with one attached hydrogen (secondary N) is 1. The molecule has 0 heterocycles. The van der Waals surface area contributed by atoms with E-state index in [2.05, 4.69) is 5.32 Å². The molecule has 1 aromatic rings. The van der Waals surface area contributed by atoms with Crippen molar-refractivity contribution in [2.24, 2.45) is 5.92 Å². The van der Waals surface area contributed by atoms with E-state index in [1.54, 1.807) is 25.8 Å². The van der Waals surface area contributed by atoms with Gasteiger partial charge in [0.2, 0.25) is 21.8 Å². The van der Waals surface area contributed by atoms with Crippen molar-refractivity contribution >= 4 is 21.8 Å². The van der Waals surface area contributed by atoms with E-state index < -0.39 is 10.0 Å². The van der Waals surface area contributed by atoms with Crippen LogP contribution in [-0.2, 0) is 24.3 Å². The normalized spacial score (nSPS) is 18.5. The molecule has 0 atom stereocenters. The molecule has 0 aromatic heterocycles. The first-order valence-electron chi connectivity index (χ1n) is 12.6. The fraction of sp³-hybridized carbons (Fsp3) is 0.692. The van der Waals surface area contributed by atoms with Crippen molar-refractivity contribution in [1.29, 1.82) is 0 Å². The lowest BCUT2D eigenvalue weighted by Crippen LogP contribution is -2.43. The van der Waals surface area contributed by atoms with E-state index in [1.807, 2.05) is 38.1 Å². The number of ether oxygens (including phenoxy) is 1. The van der Waals surface area contributed by atoms with Gasteiger partial charge in [0.05, 0.1) is 18.0 Å². The smallest absolute Gasteiger partial charge is 0.248 e. The Kier molecular flexibility index (Phi) is 11.3. The number of carbonyl (C=O) groups is 2. The van der Waals surface area contributed by atoms with Crippen LogP contribution in [0.1, 0.15) is 42.4 Å². The zero-order valence-corrected chi connectivity index (χ0v) is 23.8. The molecular formula is C26H44N4O5S. The van der Waals surface area contributed by atoms with Gasteiger partial charge in [-0.25, -0.2) is 8.42 Å². The second-order valence-corrected chi connectivity index (χ2v) is 12.4. The van der Waals surface area contributed by atoms with Crippen molar-refractivity contribution in [3.8, 4) is 0 Å². The Labute approximate surface area is 217 Å². The van der Waals surface area contributed by atoms with Gasteiger partial charge in [-0.2, -0.15) is 4.31 Å². The van der Waals surface area contributed by atoms with Gasteiger partial charge >= 0.3 is 0 Å². The molecule has 1 N–H and O–H groups in total. The van der Waals surface area contributed by atoms with Crippen molar-refractivity contribution in [1.82, 2.24) is 19.4 Å². The molecular weight excluding hydrogens is 480 g/mol. The predicted octanol–water partition coefficient (Wildman–Crippen LogP) is 1.94. The minimum atomic E-state index is -3.64. The molecule has 1 fully saturated rings. The highest BCUT2D eigenvalue weighted by Crippen LogP contribution is 2.26. The van der Waals surface area contributed by atoms with Gasteiger partial charge in [0.25, 0.3) is 0 Å². The average Bonchev–Trinajstić information content (AvgIpc) is 2.76. The van der Waals surface area contributed by atoms with Crippen molar-refractivity contribution in [2.75, 3.05) is 61.0 Å². The maximum atomic E-state index is 13.0. The van der Waals surface area contributed by atoms with Gasteiger partial charge in [-0.15, -0.1) is 0 Å². The van der Waals surface area contributed by atoms with Gasteiger partial charge in [0.15, 0.2) is 0 Å². The Balaban J connectivity index is 1.72. The molecule has 2 amide bonds. The van der Waals surface area contributed by atoms with E-state index in [-0.39, 0.29) is 37.6 Å². The highest BCUT2D eigenvalue weighted by atomic mass is 32.2. The number of carbonyl (C=O) groups excluding carboxylic acids is 2. The van der Waals surface area contributed by atoms with Crippen LogP contribution in [0.5, 0.6) is 0 Å². The van der Waals surface area contributed by atoms with E-state index in [9.17, 15) is 18.0 Å². The Hall–Kier alpha value is -2.01. The van der Waals surface area contributed by atoms with Gasteiger partial charge in [0, 0.05) is 33.2 Å². The number of hydrogen-bond acceptors (Lipinski definition) is 6. The zero-order chi connectivity index (χ0) is 27.0. The van der Waals surface area contributed by atoms with Crippen LogP contribution < -0.4 is 5.32 Å². The van der Waals surface area contributed by atoms with Crippen LogP contribution in [-0.4, -0.2) is 101 Å². The molecule has 2 rings (SSSR count). The molecule has 0 unspecified atom stereocenters. The van der Waals surface area contributed by atoms with Crippen LogP contribution in [0.25, 0.3) is 0 Å². The number of likely N-dealkylation sites (N-methyl/N-ethyl adjacent to an activating group) is 3. The lowest BCUT2D eigenvalue weighted by atomic mass is 9.85. The minimum absolute atomic E-state index is 0.0514. The lowest BCUT2D eigenvalue weighted by Gasteiger charge is -2.32. The molecule has 10 heteroatoms. The molecule has 0 saturated heterocycles. The van der Waals surface area contributed by atoms with E-state index in [0.717, 1.165) is 42.4 Å². The third-order valence-electron chi connectivity index (χ3n) is 6.68. The minimum Gasteiger partial charge on any atom is -0.370 e. The van der Waals surface area contributed by atoms with E-state index in [1.165, 1.54) is 11.4 Å². The number of aryl methyl sites for hydroxylation is 3. The van der Waals surface area contributed by atoms with Crippen molar-refractivity contribution in [3.05, 3.63) is 28.8 Å². The first-order chi connectivity index (χ1) is 16.8. The first kappa shape index (κ1) is 30.2. The van der Waals surface area contributed by atoms with Gasteiger partial charge in [-0.1, -0.05) is 17.7 Å². The fourth-order valence-electron chi connectivity index (χ4n) is 4.85. The fourth-order valence-corrected chi connectivity index (χ4v) is 6.41. The molecule has 36 heavy (non-hydrogen) atoms. The van der Waals surface area contributed by atoms with Crippen LogP contribution in [0.4, 0.5) is 0 Å². The molecule has 0 bridgehead atoms. The number of nitrogens with zero attached hydrogens (tertiary/aromatic N) is 3. The maximum Gasteiger partial charge on any atom is 0.248 e. The Morgan fingerprint density at radius 1 is 1.00 bits per heavy atom. The molecule has 204 valence electrons. The van der Waals surface area contributed by atoms with Crippen molar-refractivity contribution in [2.45, 2.75) is 57.4 Å². The van der Waals surface area contributed by atoms with Crippen LogP contribution in [0.15, 0.2) is 17.0 Å². The molecule has 0 spiro atoms. The summed E-state index contributed by atoms with van der Waals surface area (Å²) < 4.78 is 32.9. The van der Waals surface area contributed by atoms with Crippen LogP contribution >= 0.6 is 0 Å². The highest BCUT2D eigenvalue weighted by Gasteiger charge is 2.26. The monoisotopic (exact) mass is 524 g/mol. The third kappa shape index (κ3) is 8.83. The number of sulfonamides is 1. The van der Waals surface area contributed by atoms with Crippen molar-refractivity contribution < 1.29 is 22.7 Å². The summed E-state index contributed by atoms with van der Waals surface area (Å²) in [6, 6.07) is 3.94. The quantitative estimate of drug-likeness (QED) is 0.420. The number of benzene rings is 1. The molecule has 1 aliphatic carbocycles. The standard InChI is InChI=1S/C26H44N4O5S/c1-19-14-20(2)26(21(3)15-19)36(33,34)30(7)12-13-35-18-25(32)29(6)16-22-8-10-23(11-9-22)27-24(31)17-28(4)5/h14-15,22-23H,8-13,16-18H2,1-7H3,(H,27,31)/t22-,23-.